The Morgan fingerprint density at radius 1 is 1.08 bits per heavy atom. The third-order valence-electron chi connectivity index (χ3n) is 4.59. The van der Waals surface area contributed by atoms with E-state index in [0.717, 1.165) is 30.9 Å². The molecule has 1 aliphatic heterocycles. The van der Waals surface area contributed by atoms with Gasteiger partial charge in [0.25, 0.3) is 0 Å². The Hall–Kier alpha value is -3.40. The number of pyridine rings is 1. The third-order valence-corrected chi connectivity index (χ3v) is 4.59. The predicted octanol–water partition coefficient (Wildman–Crippen LogP) is 2.84. The smallest absolute Gasteiger partial charge is 0.481 e. The van der Waals surface area contributed by atoms with E-state index in [9.17, 15) is 26.3 Å². The molecule has 0 aromatic carbocycles. The van der Waals surface area contributed by atoms with Gasteiger partial charge in [-0.15, -0.1) is 0 Å². The minimum atomic E-state index is -5.08. The molecular formula is C20H24F6N4O6. The average Bonchev–Trinajstić information content (AvgIpc) is 3.14. The molecule has 3 heterocycles. The van der Waals surface area contributed by atoms with Crippen molar-refractivity contribution in [1.82, 2.24) is 19.4 Å². The van der Waals surface area contributed by atoms with E-state index in [1.54, 1.807) is 20.4 Å². The third kappa shape index (κ3) is 9.33. The van der Waals surface area contributed by atoms with Crippen molar-refractivity contribution in [2.75, 3.05) is 27.4 Å². The second-order valence-corrected chi connectivity index (χ2v) is 7.29. The molecule has 2 aromatic heterocycles. The first-order chi connectivity index (χ1) is 16.6. The Morgan fingerprint density at radius 3 is 2.11 bits per heavy atom. The Bertz CT molecular complexity index is 987. The van der Waals surface area contributed by atoms with Crippen LogP contribution in [0, 0.1) is 0 Å². The van der Waals surface area contributed by atoms with Crippen LogP contribution in [0.3, 0.4) is 0 Å². The number of carboxylic acid groups (broad SMARTS) is 2. The fraction of sp³-hybridized carbons (Fsp3) is 0.500. The zero-order valence-corrected chi connectivity index (χ0v) is 19.3. The van der Waals surface area contributed by atoms with Crippen molar-refractivity contribution in [3.8, 4) is 5.88 Å². The summed E-state index contributed by atoms with van der Waals surface area (Å²) in [5.74, 6) is -4.48. The fourth-order valence-corrected chi connectivity index (χ4v) is 3.23. The van der Waals surface area contributed by atoms with Gasteiger partial charge in [-0.2, -0.15) is 26.3 Å². The molecule has 16 heteroatoms. The molecule has 0 amide bonds. The maximum absolute atomic E-state index is 10.6. The summed E-state index contributed by atoms with van der Waals surface area (Å²) >= 11 is 0. The molecular weight excluding hydrogens is 506 g/mol. The lowest BCUT2D eigenvalue weighted by atomic mass is 9.98. The number of rotatable bonds is 5. The normalized spacial score (nSPS) is 15.5. The highest BCUT2D eigenvalue weighted by atomic mass is 19.4. The molecule has 36 heavy (non-hydrogen) atoms. The average molecular weight is 530 g/mol. The van der Waals surface area contributed by atoms with Crippen LogP contribution in [0.5, 0.6) is 5.88 Å². The highest BCUT2D eigenvalue weighted by molar-refractivity contribution is 5.73. The van der Waals surface area contributed by atoms with E-state index in [1.807, 2.05) is 19.4 Å². The molecule has 0 bridgehead atoms. The van der Waals surface area contributed by atoms with Gasteiger partial charge in [-0.05, 0) is 6.07 Å². The molecule has 0 fully saturated rings. The fourth-order valence-electron chi connectivity index (χ4n) is 3.23. The number of carboxylic acids is 2. The molecule has 2 aromatic rings. The molecule has 0 saturated heterocycles. The van der Waals surface area contributed by atoms with Crippen LogP contribution < -0.4 is 4.74 Å². The lowest BCUT2D eigenvalue weighted by molar-refractivity contribution is -0.193. The highest BCUT2D eigenvalue weighted by Crippen LogP contribution is 2.29. The summed E-state index contributed by atoms with van der Waals surface area (Å²) in [7, 11) is 5.46. The van der Waals surface area contributed by atoms with Gasteiger partial charge >= 0.3 is 24.3 Å². The number of ether oxygens (including phenoxy) is 2. The SMILES string of the molecule is COCC1CN(Cc2cccnc2OC)Cc2ncn(C)c21.O=C(O)C(F)(F)F.O=C(O)C(F)(F)F. The maximum atomic E-state index is 10.6. The first kappa shape index (κ1) is 30.6. The van der Waals surface area contributed by atoms with Crippen LogP contribution in [0.2, 0.25) is 0 Å². The Balaban J connectivity index is 0.000000383. The number of aryl methyl sites for hydroxylation is 1. The van der Waals surface area contributed by atoms with Crippen molar-refractivity contribution >= 4 is 11.9 Å². The number of carbonyl (C=O) groups is 2. The van der Waals surface area contributed by atoms with Gasteiger partial charge in [0.15, 0.2) is 0 Å². The predicted molar refractivity (Wildman–Crippen MR) is 110 cm³/mol. The van der Waals surface area contributed by atoms with Crippen molar-refractivity contribution in [3.05, 3.63) is 41.6 Å². The van der Waals surface area contributed by atoms with E-state index in [4.69, 9.17) is 29.3 Å². The summed E-state index contributed by atoms with van der Waals surface area (Å²) in [6.45, 7) is 3.29. The van der Waals surface area contributed by atoms with E-state index in [-0.39, 0.29) is 0 Å². The van der Waals surface area contributed by atoms with Crippen molar-refractivity contribution in [1.29, 1.82) is 0 Å². The number of aromatic nitrogens is 3. The molecule has 1 atom stereocenters. The second-order valence-electron chi connectivity index (χ2n) is 7.29. The zero-order valence-electron chi connectivity index (χ0n) is 19.3. The number of imidazole rings is 1. The van der Waals surface area contributed by atoms with E-state index in [0.29, 0.717) is 18.4 Å². The van der Waals surface area contributed by atoms with Crippen molar-refractivity contribution in [2.45, 2.75) is 31.4 Å². The summed E-state index contributed by atoms with van der Waals surface area (Å²) in [6.07, 6.45) is -6.52. The van der Waals surface area contributed by atoms with E-state index < -0.39 is 24.3 Å². The highest BCUT2D eigenvalue weighted by Gasteiger charge is 2.39. The van der Waals surface area contributed by atoms with Crippen molar-refractivity contribution in [2.24, 2.45) is 7.05 Å². The van der Waals surface area contributed by atoms with E-state index in [1.165, 1.54) is 5.69 Å². The number of halogens is 6. The zero-order chi connectivity index (χ0) is 27.7. The molecule has 1 aliphatic rings. The monoisotopic (exact) mass is 530 g/mol. The van der Waals surface area contributed by atoms with Crippen LogP contribution in [0.15, 0.2) is 24.7 Å². The molecule has 0 spiro atoms. The van der Waals surface area contributed by atoms with Crippen LogP contribution in [-0.2, 0) is 34.5 Å². The number of hydrogen-bond donors (Lipinski definition) is 2. The Kier molecular flexibility index (Phi) is 11.1. The Morgan fingerprint density at radius 2 is 1.64 bits per heavy atom. The van der Waals surface area contributed by atoms with Gasteiger partial charge in [0.05, 0.1) is 25.7 Å². The van der Waals surface area contributed by atoms with Gasteiger partial charge < -0.3 is 24.3 Å². The van der Waals surface area contributed by atoms with Gasteiger partial charge in [-0.25, -0.2) is 19.6 Å². The summed E-state index contributed by atoms with van der Waals surface area (Å²) in [6, 6.07) is 4.01. The lowest BCUT2D eigenvalue weighted by Gasteiger charge is -2.32. The van der Waals surface area contributed by atoms with Gasteiger partial charge in [-0.1, -0.05) is 6.07 Å². The number of alkyl halides is 6. The number of fused-ring (bicyclic) bond motifs is 1. The number of nitrogens with zero attached hydrogens (tertiary/aromatic N) is 4. The Labute approximate surface area is 201 Å². The molecule has 0 saturated carbocycles. The molecule has 3 rings (SSSR count). The minimum Gasteiger partial charge on any atom is -0.481 e. The maximum Gasteiger partial charge on any atom is 0.490 e. The number of aliphatic carboxylic acids is 2. The minimum absolute atomic E-state index is 0.337. The van der Waals surface area contributed by atoms with Crippen LogP contribution in [-0.4, -0.2) is 81.3 Å². The summed E-state index contributed by atoms with van der Waals surface area (Å²) in [5, 5.41) is 14.2. The van der Waals surface area contributed by atoms with Gasteiger partial charge in [0.1, 0.15) is 0 Å². The standard InChI is InChI=1S/C16H22N4O2.2C2HF3O2/c1-19-11-18-14-9-20(8-13(10-21-2)15(14)19)7-12-5-4-6-17-16(12)22-3;2*3-2(4,5)1(6)7/h4-6,11,13H,7-10H2,1-3H3;2*(H,6,7). The largest absolute Gasteiger partial charge is 0.490 e. The topological polar surface area (TPSA) is 127 Å². The molecule has 2 N–H and O–H groups in total. The van der Waals surface area contributed by atoms with Gasteiger partial charge in [0.2, 0.25) is 5.88 Å². The molecule has 0 radical (unpaired) electrons. The van der Waals surface area contributed by atoms with Gasteiger partial charge in [-0.3, -0.25) is 4.90 Å². The van der Waals surface area contributed by atoms with Crippen LogP contribution in [0.1, 0.15) is 22.9 Å². The first-order valence-corrected chi connectivity index (χ1v) is 9.91. The molecule has 0 aliphatic carbocycles. The van der Waals surface area contributed by atoms with Crippen LogP contribution in [0.25, 0.3) is 0 Å². The van der Waals surface area contributed by atoms with Gasteiger partial charge in [0, 0.05) is 57.2 Å². The van der Waals surface area contributed by atoms with E-state index >= 15 is 0 Å². The summed E-state index contributed by atoms with van der Waals surface area (Å²) in [4.78, 5) is 29.0. The summed E-state index contributed by atoms with van der Waals surface area (Å²) in [5.41, 5.74) is 3.52. The molecule has 202 valence electrons. The number of methoxy groups -OCH3 is 2. The van der Waals surface area contributed by atoms with E-state index in [2.05, 4.69) is 25.5 Å². The lowest BCUT2D eigenvalue weighted by Crippen LogP contribution is -2.35. The van der Waals surface area contributed by atoms with Crippen molar-refractivity contribution in [3.63, 3.8) is 0 Å². The second kappa shape index (κ2) is 13.1. The summed E-state index contributed by atoms with van der Waals surface area (Å²) < 4.78 is 76.3. The first-order valence-electron chi connectivity index (χ1n) is 9.91. The molecule has 1 unspecified atom stereocenters. The quantitative estimate of drug-likeness (QED) is 0.561. The number of hydrogen-bond acceptors (Lipinski definition) is 7. The van der Waals surface area contributed by atoms with Crippen molar-refractivity contribution < 1.29 is 55.6 Å². The van der Waals surface area contributed by atoms with Crippen LogP contribution >= 0.6 is 0 Å². The molecule has 10 nitrogen and oxygen atoms in total. The van der Waals surface area contributed by atoms with Crippen LogP contribution in [0.4, 0.5) is 26.3 Å².